The van der Waals surface area contributed by atoms with Crippen molar-refractivity contribution < 1.29 is 9.47 Å². The lowest BCUT2D eigenvalue weighted by atomic mass is 9.93. The van der Waals surface area contributed by atoms with Crippen LogP contribution in [0.4, 0.5) is 0 Å². The molecular formula is C13H26N2O2. The molecule has 4 unspecified atom stereocenters. The maximum absolute atomic E-state index is 5.92. The molecule has 2 rings (SSSR count). The average molecular weight is 242 g/mol. The number of rotatable bonds is 3. The summed E-state index contributed by atoms with van der Waals surface area (Å²) in [6.45, 7) is 4.93. The lowest BCUT2D eigenvalue weighted by Crippen LogP contribution is -2.54. The minimum absolute atomic E-state index is 0.396. The summed E-state index contributed by atoms with van der Waals surface area (Å²) in [4.78, 5) is 2.61. The Hall–Kier alpha value is -0.160. The van der Waals surface area contributed by atoms with Gasteiger partial charge < -0.3 is 15.2 Å². The molecule has 2 aliphatic rings. The number of piperidine rings is 1. The summed E-state index contributed by atoms with van der Waals surface area (Å²) in [7, 11) is 1.81. The van der Waals surface area contributed by atoms with Crippen LogP contribution in [-0.4, -0.2) is 56.0 Å². The van der Waals surface area contributed by atoms with Crippen molar-refractivity contribution in [3.63, 3.8) is 0 Å². The van der Waals surface area contributed by atoms with E-state index in [4.69, 9.17) is 15.2 Å². The van der Waals surface area contributed by atoms with Gasteiger partial charge in [0, 0.05) is 38.9 Å². The molecule has 2 fully saturated rings. The quantitative estimate of drug-likeness (QED) is 0.802. The van der Waals surface area contributed by atoms with Gasteiger partial charge in [-0.3, -0.25) is 4.90 Å². The fraction of sp³-hybridized carbons (Fsp3) is 1.00. The van der Waals surface area contributed by atoms with Gasteiger partial charge in [0.1, 0.15) is 0 Å². The number of hydrogen-bond acceptors (Lipinski definition) is 4. The molecule has 17 heavy (non-hydrogen) atoms. The second-order valence-corrected chi connectivity index (χ2v) is 5.37. The van der Waals surface area contributed by atoms with Crippen molar-refractivity contribution in [1.82, 2.24) is 4.90 Å². The summed E-state index contributed by atoms with van der Waals surface area (Å²) in [5, 5.41) is 0. The normalized spacial score (nSPS) is 40.4. The maximum atomic E-state index is 5.92. The molecule has 2 N–H and O–H groups in total. The summed E-state index contributed by atoms with van der Waals surface area (Å²) in [6.07, 6.45) is 5.31. The Bertz CT molecular complexity index is 237. The highest BCUT2D eigenvalue weighted by atomic mass is 16.5. The minimum atomic E-state index is 0.396. The Labute approximate surface area is 104 Å². The molecule has 0 spiro atoms. The van der Waals surface area contributed by atoms with Gasteiger partial charge in [0.05, 0.1) is 12.2 Å². The molecular weight excluding hydrogens is 216 g/mol. The number of nitrogens with two attached hydrogens (primary N) is 1. The largest absolute Gasteiger partial charge is 0.381 e. The van der Waals surface area contributed by atoms with Gasteiger partial charge in [0.15, 0.2) is 0 Å². The van der Waals surface area contributed by atoms with Crippen molar-refractivity contribution in [1.29, 1.82) is 0 Å². The Morgan fingerprint density at radius 2 is 2.18 bits per heavy atom. The predicted octanol–water partition coefficient (Wildman–Crippen LogP) is 0.992. The van der Waals surface area contributed by atoms with E-state index in [1.807, 2.05) is 7.11 Å². The summed E-state index contributed by atoms with van der Waals surface area (Å²) < 4.78 is 11.1. The number of hydrogen-bond donors (Lipinski definition) is 1. The van der Waals surface area contributed by atoms with Gasteiger partial charge in [-0.15, -0.1) is 0 Å². The van der Waals surface area contributed by atoms with Crippen molar-refractivity contribution in [2.45, 2.75) is 56.9 Å². The first-order valence-corrected chi connectivity index (χ1v) is 6.84. The number of nitrogens with zero attached hydrogens (tertiary/aromatic N) is 1. The fourth-order valence-electron chi connectivity index (χ4n) is 3.23. The summed E-state index contributed by atoms with van der Waals surface area (Å²) in [6, 6.07) is 1.15. The van der Waals surface area contributed by atoms with E-state index in [0.717, 1.165) is 45.4 Å². The Morgan fingerprint density at radius 1 is 1.35 bits per heavy atom. The molecule has 0 aliphatic carbocycles. The SMILES string of the molecule is COC1CCN(C2CCOC(C)C2)C(CN)C1. The van der Waals surface area contributed by atoms with E-state index < -0.39 is 0 Å². The van der Waals surface area contributed by atoms with Crippen molar-refractivity contribution in [3.8, 4) is 0 Å². The third-order valence-corrected chi connectivity index (χ3v) is 4.25. The molecule has 4 atom stereocenters. The first kappa shape index (κ1) is 13.3. The van der Waals surface area contributed by atoms with E-state index in [0.29, 0.717) is 24.3 Å². The molecule has 100 valence electrons. The van der Waals surface area contributed by atoms with Crippen LogP contribution >= 0.6 is 0 Å². The Morgan fingerprint density at radius 3 is 2.82 bits per heavy atom. The van der Waals surface area contributed by atoms with Crippen LogP contribution in [0.5, 0.6) is 0 Å². The average Bonchev–Trinajstić information content (AvgIpc) is 2.38. The zero-order valence-electron chi connectivity index (χ0n) is 11.1. The highest BCUT2D eigenvalue weighted by molar-refractivity contribution is 4.89. The molecule has 0 radical (unpaired) electrons. The fourth-order valence-corrected chi connectivity index (χ4v) is 3.23. The lowest BCUT2D eigenvalue weighted by molar-refractivity contribution is -0.0555. The van der Waals surface area contributed by atoms with Crippen LogP contribution < -0.4 is 5.73 Å². The second kappa shape index (κ2) is 6.14. The van der Waals surface area contributed by atoms with Crippen LogP contribution in [0.2, 0.25) is 0 Å². The second-order valence-electron chi connectivity index (χ2n) is 5.37. The summed E-state index contributed by atoms with van der Waals surface area (Å²) in [5.41, 5.74) is 5.92. The minimum Gasteiger partial charge on any atom is -0.381 e. The van der Waals surface area contributed by atoms with Crippen LogP contribution in [0, 0.1) is 0 Å². The first-order chi connectivity index (χ1) is 8.24. The molecule has 0 bridgehead atoms. The molecule has 0 aromatic heterocycles. The predicted molar refractivity (Wildman–Crippen MR) is 68.0 cm³/mol. The van der Waals surface area contributed by atoms with Gasteiger partial charge in [0.2, 0.25) is 0 Å². The van der Waals surface area contributed by atoms with Crippen LogP contribution in [0.25, 0.3) is 0 Å². The highest BCUT2D eigenvalue weighted by Crippen LogP contribution is 2.27. The maximum Gasteiger partial charge on any atom is 0.0599 e. The highest BCUT2D eigenvalue weighted by Gasteiger charge is 2.34. The van der Waals surface area contributed by atoms with E-state index in [-0.39, 0.29) is 0 Å². The standard InChI is InChI=1S/C13H26N2O2/c1-10-7-11(4-6-17-10)15-5-3-13(16-2)8-12(15)9-14/h10-13H,3-9,14H2,1-2H3. The van der Waals surface area contributed by atoms with Crippen LogP contribution in [0.3, 0.4) is 0 Å². The van der Waals surface area contributed by atoms with Gasteiger partial charge >= 0.3 is 0 Å². The smallest absolute Gasteiger partial charge is 0.0599 e. The van der Waals surface area contributed by atoms with E-state index in [1.165, 1.54) is 0 Å². The van der Waals surface area contributed by atoms with Gasteiger partial charge in [-0.2, -0.15) is 0 Å². The molecule has 0 saturated carbocycles. The zero-order valence-corrected chi connectivity index (χ0v) is 11.1. The number of ether oxygens (including phenoxy) is 2. The third-order valence-electron chi connectivity index (χ3n) is 4.25. The van der Waals surface area contributed by atoms with Crippen molar-refractivity contribution in [2.75, 3.05) is 26.8 Å². The molecule has 0 aromatic rings. The van der Waals surface area contributed by atoms with E-state index >= 15 is 0 Å². The van der Waals surface area contributed by atoms with Crippen LogP contribution in [0.15, 0.2) is 0 Å². The zero-order chi connectivity index (χ0) is 12.3. The topological polar surface area (TPSA) is 47.7 Å². The third kappa shape index (κ3) is 3.19. The molecule has 0 amide bonds. The van der Waals surface area contributed by atoms with Crippen molar-refractivity contribution in [2.24, 2.45) is 5.73 Å². The monoisotopic (exact) mass is 242 g/mol. The molecule has 2 saturated heterocycles. The first-order valence-electron chi connectivity index (χ1n) is 6.84. The van der Waals surface area contributed by atoms with E-state index in [2.05, 4.69) is 11.8 Å². The molecule has 4 nitrogen and oxygen atoms in total. The number of methoxy groups -OCH3 is 1. The van der Waals surface area contributed by atoms with Crippen LogP contribution in [-0.2, 0) is 9.47 Å². The van der Waals surface area contributed by atoms with E-state index in [1.54, 1.807) is 0 Å². The Kier molecular flexibility index (Phi) is 4.79. The summed E-state index contributed by atoms with van der Waals surface area (Å²) >= 11 is 0. The van der Waals surface area contributed by atoms with Crippen molar-refractivity contribution >= 4 is 0 Å². The molecule has 4 heteroatoms. The van der Waals surface area contributed by atoms with Gasteiger partial charge in [0.25, 0.3) is 0 Å². The van der Waals surface area contributed by atoms with Crippen LogP contribution in [0.1, 0.15) is 32.6 Å². The number of likely N-dealkylation sites (tertiary alicyclic amines) is 1. The van der Waals surface area contributed by atoms with Gasteiger partial charge in [-0.25, -0.2) is 0 Å². The molecule has 0 aromatic carbocycles. The Balaban J connectivity index is 1.94. The lowest BCUT2D eigenvalue weighted by Gasteiger charge is -2.45. The van der Waals surface area contributed by atoms with Gasteiger partial charge in [-0.05, 0) is 32.6 Å². The molecule has 2 aliphatic heterocycles. The van der Waals surface area contributed by atoms with Gasteiger partial charge in [-0.1, -0.05) is 0 Å². The summed E-state index contributed by atoms with van der Waals surface area (Å²) in [5.74, 6) is 0. The molecule has 2 heterocycles. The van der Waals surface area contributed by atoms with Crippen molar-refractivity contribution in [3.05, 3.63) is 0 Å². The van der Waals surface area contributed by atoms with E-state index in [9.17, 15) is 0 Å².